The van der Waals surface area contributed by atoms with Gasteiger partial charge in [0.1, 0.15) is 9.84 Å². The van der Waals surface area contributed by atoms with Crippen LogP contribution in [0.1, 0.15) is 19.3 Å². The van der Waals surface area contributed by atoms with Gasteiger partial charge in [-0.25, -0.2) is 8.42 Å². The molecule has 0 spiro atoms. The third-order valence-corrected chi connectivity index (χ3v) is 5.48. The molecule has 1 aromatic carbocycles. The number of hydrogen-bond acceptors (Lipinski definition) is 4. The summed E-state index contributed by atoms with van der Waals surface area (Å²) >= 11 is 5.88. The van der Waals surface area contributed by atoms with Gasteiger partial charge < -0.3 is 11.1 Å². The maximum absolute atomic E-state index is 11.9. The quantitative estimate of drug-likeness (QED) is 0.835. The van der Waals surface area contributed by atoms with Gasteiger partial charge in [-0.3, -0.25) is 4.79 Å². The van der Waals surface area contributed by atoms with E-state index >= 15 is 0 Å². The lowest BCUT2D eigenvalue weighted by Crippen LogP contribution is -2.26. The van der Waals surface area contributed by atoms with Crippen molar-refractivity contribution in [1.29, 1.82) is 0 Å². The van der Waals surface area contributed by atoms with Gasteiger partial charge in [-0.2, -0.15) is 0 Å². The molecule has 110 valence electrons. The smallest absolute Gasteiger partial charge is 0.224 e. The molecule has 0 saturated carbocycles. The highest BCUT2D eigenvalue weighted by Crippen LogP contribution is 2.25. The number of rotatable bonds is 3. The van der Waals surface area contributed by atoms with Crippen LogP contribution >= 0.6 is 11.6 Å². The summed E-state index contributed by atoms with van der Waals surface area (Å²) in [5.74, 6) is 0.356. The summed E-state index contributed by atoms with van der Waals surface area (Å²) in [6, 6.07) is 4.91. The number of carbonyl (C=O) groups is 1. The average molecular weight is 317 g/mol. The third-order valence-electron chi connectivity index (χ3n) is 3.43. The van der Waals surface area contributed by atoms with Gasteiger partial charge in [0.2, 0.25) is 5.91 Å². The normalized spacial score (nSPS) is 18.6. The molecule has 1 aliphatic heterocycles. The number of anilines is 2. The van der Waals surface area contributed by atoms with Crippen LogP contribution in [0.3, 0.4) is 0 Å². The topological polar surface area (TPSA) is 89.3 Å². The second-order valence-electron chi connectivity index (χ2n) is 5.08. The lowest BCUT2D eigenvalue weighted by Gasteiger charge is -2.21. The minimum atomic E-state index is -2.88. The van der Waals surface area contributed by atoms with Gasteiger partial charge in [0.05, 0.1) is 22.2 Å². The van der Waals surface area contributed by atoms with Crippen molar-refractivity contribution in [1.82, 2.24) is 0 Å². The van der Waals surface area contributed by atoms with Crippen LogP contribution in [0.4, 0.5) is 11.4 Å². The Morgan fingerprint density at radius 2 is 2.00 bits per heavy atom. The van der Waals surface area contributed by atoms with Crippen molar-refractivity contribution >= 4 is 38.7 Å². The molecule has 20 heavy (non-hydrogen) atoms. The van der Waals surface area contributed by atoms with E-state index in [0.29, 0.717) is 35.7 Å². The summed E-state index contributed by atoms with van der Waals surface area (Å²) in [5, 5.41) is 3.14. The van der Waals surface area contributed by atoms with Crippen molar-refractivity contribution in [3.05, 3.63) is 23.2 Å². The zero-order valence-electron chi connectivity index (χ0n) is 10.9. The number of sulfone groups is 1. The first kappa shape index (κ1) is 15.1. The molecule has 1 fully saturated rings. The maximum atomic E-state index is 11.9. The Morgan fingerprint density at radius 1 is 1.35 bits per heavy atom. The number of nitrogen functional groups attached to an aromatic ring is 1. The van der Waals surface area contributed by atoms with E-state index in [1.807, 2.05) is 0 Å². The zero-order chi connectivity index (χ0) is 14.8. The van der Waals surface area contributed by atoms with Crippen molar-refractivity contribution in [2.45, 2.75) is 19.3 Å². The molecule has 1 amide bonds. The van der Waals surface area contributed by atoms with E-state index in [1.54, 1.807) is 18.2 Å². The molecule has 0 radical (unpaired) electrons. The Kier molecular flexibility index (Phi) is 4.55. The van der Waals surface area contributed by atoms with Gasteiger partial charge >= 0.3 is 0 Å². The first-order valence-corrected chi connectivity index (χ1v) is 8.61. The van der Waals surface area contributed by atoms with E-state index in [9.17, 15) is 13.2 Å². The average Bonchev–Trinajstić information content (AvgIpc) is 2.36. The molecular weight excluding hydrogens is 300 g/mol. The fourth-order valence-corrected chi connectivity index (χ4v) is 3.99. The lowest BCUT2D eigenvalue weighted by atomic mass is 9.98. The molecular formula is C13H17ClN2O3S. The molecule has 3 N–H and O–H groups in total. The van der Waals surface area contributed by atoms with Gasteiger partial charge in [0.25, 0.3) is 0 Å². The first-order chi connectivity index (χ1) is 9.35. The molecule has 2 rings (SSSR count). The second kappa shape index (κ2) is 6.01. The van der Waals surface area contributed by atoms with Crippen molar-refractivity contribution in [3.63, 3.8) is 0 Å². The number of amides is 1. The Labute approximate surface area is 123 Å². The monoisotopic (exact) mass is 316 g/mol. The van der Waals surface area contributed by atoms with Crippen LogP contribution in [0, 0.1) is 5.92 Å². The largest absolute Gasteiger partial charge is 0.398 e. The highest BCUT2D eigenvalue weighted by atomic mass is 35.5. The Bertz CT molecular complexity index is 602. The summed E-state index contributed by atoms with van der Waals surface area (Å²) in [5.41, 5.74) is 6.65. The molecule has 1 aromatic rings. The Hall–Kier alpha value is -1.27. The summed E-state index contributed by atoms with van der Waals surface area (Å²) in [7, 11) is -2.88. The fourth-order valence-electron chi connectivity index (χ4n) is 2.22. The van der Waals surface area contributed by atoms with Crippen molar-refractivity contribution in [2.24, 2.45) is 5.92 Å². The van der Waals surface area contributed by atoms with E-state index < -0.39 is 9.84 Å². The minimum Gasteiger partial charge on any atom is -0.398 e. The second-order valence-corrected chi connectivity index (χ2v) is 7.79. The van der Waals surface area contributed by atoms with Crippen LogP contribution in [-0.2, 0) is 14.6 Å². The molecule has 7 heteroatoms. The molecule has 0 aliphatic carbocycles. The predicted octanol–water partition coefficient (Wildman–Crippen LogP) is 2.08. The molecule has 1 saturated heterocycles. The summed E-state index contributed by atoms with van der Waals surface area (Å²) < 4.78 is 22.6. The standard InChI is InChI=1S/C13H17ClN2O3S/c14-11-8-10(1-2-12(11)15)16-13(17)7-9-3-5-20(18,19)6-4-9/h1-2,8-9H,3-7,15H2,(H,16,17). The molecule has 0 bridgehead atoms. The zero-order valence-corrected chi connectivity index (χ0v) is 12.5. The van der Waals surface area contributed by atoms with Gasteiger partial charge in [-0.1, -0.05) is 11.6 Å². The highest BCUT2D eigenvalue weighted by molar-refractivity contribution is 7.91. The molecule has 0 unspecified atom stereocenters. The molecule has 0 aromatic heterocycles. The maximum Gasteiger partial charge on any atom is 0.224 e. The first-order valence-electron chi connectivity index (χ1n) is 6.41. The number of benzene rings is 1. The SMILES string of the molecule is Nc1ccc(NC(=O)CC2CCS(=O)(=O)CC2)cc1Cl. The van der Waals surface area contributed by atoms with Crippen LogP contribution in [-0.4, -0.2) is 25.8 Å². The highest BCUT2D eigenvalue weighted by Gasteiger charge is 2.25. The summed E-state index contributed by atoms with van der Waals surface area (Å²) in [4.78, 5) is 11.9. The van der Waals surface area contributed by atoms with Crippen LogP contribution in [0.5, 0.6) is 0 Å². The molecule has 1 heterocycles. The van der Waals surface area contributed by atoms with Crippen molar-refractivity contribution < 1.29 is 13.2 Å². The number of nitrogens with one attached hydrogen (secondary N) is 1. The minimum absolute atomic E-state index is 0.128. The van der Waals surface area contributed by atoms with E-state index in [4.69, 9.17) is 17.3 Å². The van der Waals surface area contributed by atoms with Gasteiger partial charge in [0.15, 0.2) is 0 Å². The molecule has 0 atom stereocenters. The Balaban J connectivity index is 1.88. The predicted molar refractivity (Wildman–Crippen MR) is 80.5 cm³/mol. The van der Waals surface area contributed by atoms with Crippen LogP contribution < -0.4 is 11.1 Å². The number of hydrogen-bond donors (Lipinski definition) is 2. The number of carbonyl (C=O) groups excluding carboxylic acids is 1. The van der Waals surface area contributed by atoms with E-state index in [1.165, 1.54) is 0 Å². The van der Waals surface area contributed by atoms with Gasteiger partial charge in [-0.15, -0.1) is 0 Å². The van der Waals surface area contributed by atoms with Crippen molar-refractivity contribution in [3.8, 4) is 0 Å². The molecule has 5 nitrogen and oxygen atoms in total. The van der Waals surface area contributed by atoms with Crippen LogP contribution in [0.15, 0.2) is 18.2 Å². The lowest BCUT2D eigenvalue weighted by molar-refractivity contribution is -0.117. The van der Waals surface area contributed by atoms with Crippen LogP contribution in [0.25, 0.3) is 0 Å². The fraction of sp³-hybridized carbons (Fsp3) is 0.462. The van der Waals surface area contributed by atoms with Crippen LogP contribution in [0.2, 0.25) is 5.02 Å². The van der Waals surface area contributed by atoms with E-state index in [0.717, 1.165) is 0 Å². The van der Waals surface area contributed by atoms with E-state index in [2.05, 4.69) is 5.32 Å². The number of halogens is 1. The molecule has 1 aliphatic rings. The van der Waals surface area contributed by atoms with Gasteiger partial charge in [-0.05, 0) is 37.0 Å². The number of nitrogens with two attached hydrogens (primary N) is 1. The summed E-state index contributed by atoms with van der Waals surface area (Å²) in [6.45, 7) is 0. The van der Waals surface area contributed by atoms with E-state index in [-0.39, 0.29) is 23.3 Å². The van der Waals surface area contributed by atoms with Crippen molar-refractivity contribution in [2.75, 3.05) is 22.6 Å². The summed E-state index contributed by atoms with van der Waals surface area (Å²) in [6.07, 6.45) is 1.44. The van der Waals surface area contributed by atoms with Gasteiger partial charge in [0, 0.05) is 12.1 Å². The Morgan fingerprint density at radius 3 is 2.60 bits per heavy atom. The third kappa shape index (κ3) is 4.11.